The molecule has 4 heterocycles. The summed E-state index contributed by atoms with van der Waals surface area (Å²) in [6.45, 7) is 3.94. The van der Waals surface area contributed by atoms with Crippen LogP contribution in [0.1, 0.15) is 18.9 Å². The van der Waals surface area contributed by atoms with Crippen LogP contribution in [0.4, 0.5) is 10.6 Å². The molecule has 2 aromatic heterocycles. The van der Waals surface area contributed by atoms with Crippen molar-refractivity contribution in [1.29, 1.82) is 0 Å². The molecule has 32 heavy (non-hydrogen) atoms. The van der Waals surface area contributed by atoms with Crippen LogP contribution >= 0.6 is 0 Å². The normalized spacial score (nSPS) is 17.7. The van der Waals surface area contributed by atoms with E-state index in [1.54, 1.807) is 17.0 Å². The van der Waals surface area contributed by atoms with E-state index < -0.39 is 0 Å². The predicted molar refractivity (Wildman–Crippen MR) is 118 cm³/mol. The van der Waals surface area contributed by atoms with E-state index in [9.17, 15) is 9.90 Å². The molecule has 2 aliphatic heterocycles. The number of amides is 1. The van der Waals surface area contributed by atoms with Gasteiger partial charge in [-0.05, 0) is 25.0 Å². The van der Waals surface area contributed by atoms with E-state index >= 15 is 0 Å². The molecule has 1 N–H and O–H groups in total. The number of likely N-dealkylation sites (tertiary alicyclic amines) is 1. The quantitative estimate of drug-likeness (QED) is 0.665. The van der Waals surface area contributed by atoms with Crippen LogP contribution in [0.25, 0.3) is 22.4 Å². The maximum atomic E-state index is 11.8. The maximum absolute atomic E-state index is 11.8. The summed E-state index contributed by atoms with van der Waals surface area (Å²) in [5, 5.41) is 16.0. The molecular weight excluding hydrogens is 412 g/mol. The monoisotopic (exact) mass is 438 g/mol. The zero-order valence-electron chi connectivity index (χ0n) is 18.0. The minimum Gasteiger partial charge on any atom is -0.507 e. The molecule has 0 unspecified atom stereocenters. The van der Waals surface area contributed by atoms with Gasteiger partial charge in [-0.2, -0.15) is 5.10 Å². The third-order valence-electron chi connectivity index (χ3n) is 6.13. The number of methoxy groups -OCH3 is 1. The van der Waals surface area contributed by atoms with Gasteiger partial charge in [0, 0.05) is 26.2 Å². The number of phenolic OH excluding ortho intramolecular Hbond substituents is 1. The topological polar surface area (TPSA) is 106 Å². The van der Waals surface area contributed by atoms with Gasteiger partial charge in [-0.1, -0.05) is 12.1 Å². The first-order valence-electron chi connectivity index (χ1n) is 10.8. The summed E-state index contributed by atoms with van der Waals surface area (Å²) in [6, 6.07) is 7.20. The third kappa shape index (κ3) is 3.70. The Labute approximate surface area is 185 Å². The van der Waals surface area contributed by atoms with Gasteiger partial charge in [0.25, 0.3) is 0 Å². The number of phenols is 1. The number of benzene rings is 1. The Morgan fingerprint density at radius 3 is 2.59 bits per heavy atom. The van der Waals surface area contributed by atoms with Crippen LogP contribution in [0.3, 0.4) is 0 Å². The number of para-hydroxylation sites is 1. The first kappa shape index (κ1) is 20.5. The van der Waals surface area contributed by atoms with Gasteiger partial charge in [-0.3, -0.25) is 0 Å². The highest BCUT2D eigenvalue weighted by atomic mass is 16.5. The standard InChI is InChI=1S/C22H26N6O4/c1-31-22(30)27-8-6-15(7-9-27)28-21-17(14-23-28)20(26-10-12-32-13-11-26)24-19(25-21)16-4-2-3-5-18(16)29/h2-5,14-15,29H,6-13H2,1H3. The van der Waals surface area contributed by atoms with Gasteiger partial charge in [0.1, 0.15) is 11.6 Å². The number of carbonyl (C=O) groups is 1. The van der Waals surface area contributed by atoms with Crippen molar-refractivity contribution in [2.75, 3.05) is 51.4 Å². The lowest BCUT2D eigenvalue weighted by Crippen LogP contribution is -2.39. The molecule has 10 heteroatoms. The molecule has 2 saturated heterocycles. The molecule has 0 aliphatic carbocycles. The number of nitrogens with zero attached hydrogens (tertiary/aromatic N) is 6. The Bertz CT molecular complexity index is 1120. The highest BCUT2D eigenvalue weighted by Crippen LogP contribution is 2.34. The summed E-state index contributed by atoms with van der Waals surface area (Å²) in [6.07, 6.45) is 3.04. The van der Waals surface area contributed by atoms with E-state index in [0.29, 0.717) is 37.7 Å². The third-order valence-corrected chi connectivity index (χ3v) is 6.13. The zero-order chi connectivity index (χ0) is 22.1. The molecule has 1 aromatic carbocycles. The van der Waals surface area contributed by atoms with Crippen LogP contribution in [0.2, 0.25) is 0 Å². The Balaban J connectivity index is 1.56. The number of hydrogen-bond donors (Lipinski definition) is 1. The summed E-state index contributed by atoms with van der Waals surface area (Å²) in [5.74, 6) is 1.40. The summed E-state index contributed by atoms with van der Waals surface area (Å²) in [5.41, 5.74) is 1.31. The van der Waals surface area contributed by atoms with Gasteiger partial charge in [-0.25, -0.2) is 19.4 Å². The van der Waals surface area contributed by atoms with Crippen molar-refractivity contribution < 1.29 is 19.4 Å². The number of rotatable bonds is 3. The van der Waals surface area contributed by atoms with Crippen LogP contribution in [-0.4, -0.2) is 82.4 Å². The van der Waals surface area contributed by atoms with Crippen LogP contribution in [-0.2, 0) is 9.47 Å². The fourth-order valence-electron chi connectivity index (χ4n) is 4.40. The molecule has 0 saturated carbocycles. The largest absolute Gasteiger partial charge is 0.507 e. The van der Waals surface area contributed by atoms with E-state index in [4.69, 9.17) is 19.4 Å². The molecule has 2 fully saturated rings. The van der Waals surface area contributed by atoms with Crippen LogP contribution in [0, 0.1) is 0 Å². The Morgan fingerprint density at radius 1 is 1.12 bits per heavy atom. The Kier molecular flexibility index (Phi) is 5.52. The molecule has 10 nitrogen and oxygen atoms in total. The van der Waals surface area contributed by atoms with Gasteiger partial charge in [-0.15, -0.1) is 0 Å². The molecule has 168 valence electrons. The Hall–Kier alpha value is -3.40. The van der Waals surface area contributed by atoms with Gasteiger partial charge >= 0.3 is 6.09 Å². The fourth-order valence-corrected chi connectivity index (χ4v) is 4.40. The lowest BCUT2D eigenvalue weighted by Gasteiger charge is -2.31. The molecular formula is C22H26N6O4. The van der Waals surface area contributed by atoms with E-state index in [1.165, 1.54) is 7.11 Å². The molecule has 2 aliphatic rings. The van der Waals surface area contributed by atoms with Crippen molar-refractivity contribution in [3.8, 4) is 17.1 Å². The minimum absolute atomic E-state index is 0.109. The van der Waals surface area contributed by atoms with E-state index in [0.717, 1.165) is 42.8 Å². The molecule has 3 aromatic rings. The molecule has 0 spiro atoms. The fraction of sp³-hybridized carbons (Fsp3) is 0.455. The van der Waals surface area contributed by atoms with Crippen molar-refractivity contribution in [3.63, 3.8) is 0 Å². The predicted octanol–water partition coefficient (Wildman–Crippen LogP) is 2.44. The SMILES string of the molecule is COC(=O)N1CCC(n2ncc3c(N4CCOCC4)nc(-c4ccccc4O)nc32)CC1. The summed E-state index contributed by atoms with van der Waals surface area (Å²) in [4.78, 5) is 25.4. The van der Waals surface area contributed by atoms with Crippen molar-refractivity contribution in [1.82, 2.24) is 24.6 Å². The van der Waals surface area contributed by atoms with Crippen molar-refractivity contribution in [3.05, 3.63) is 30.5 Å². The van der Waals surface area contributed by atoms with Gasteiger partial charge in [0.15, 0.2) is 11.5 Å². The van der Waals surface area contributed by atoms with Gasteiger partial charge in [0.05, 0.1) is 43.5 Å². The first-order chi connectivity index (χ1) is 15.7. The second-order valence-corrected chi connectivity index (χ2v) is 8.00. The van der Waals surface area contributed by atoms with Crippen molar-refractivity contribution >= 4 is 22.9 Å². The van der Waals surface area contributed by atoms with Gasteiger partial charge < -0.3 is 24.4 Å². The Morgan fingerprint density at radius 2 is 1.88 bits per heavy atom. The molecule has 0 bridgehead atoms. The number of aromatic nitrogens is 4. The average molecular weight is 438 g/mol. The molecule has 1 amide bonds. The maximum Gasteiger partial charge on any atom is 0.409 e. The number of fused-ring (bicyclic) bond motifs is 1. The second-order valence-electron chi connectivity index (χ2n) is 8.00. The average Bonchev–Trinajstić information content (AvgIpc) is 3.28. The highest BCUT2D eigenvalue weighted by molar-refractivity contribution is 5.89. The number of ether oxygens (including phenoxy) is 2. The van der Waals surface area contributed by atoms with Crippen LogP contribution in [0.15, 0.2) is 30.5 Å². The zero-order valence-corrected chi connectivity index (χ0v) is 18.0. The number of hydrogen-bond acceptors (Lipinski definition) is 8. The van der Waals surface area contributed by atoms with Crippen molar-refractivity contribution in [2.45, 2.75) is 18.9 Å². The van der Waals surface area contributed by atoms with Crippen LogP contribution < -0.4 is 4.90 Å². The van der Waals surface area contributed by atoms with Gasteiger partial charge in [0.2, 0.25) is 0 Å². The lowest BCUT2D eigenvalue weighted by atomic mass is 10.1. The van der Waals surface area contributed by atoms with E-state index in [-0.39, 0.29) is 17.9 Å². The molecule has 5 rings (SSSR count). The number of carbonyl (C=O) groups excluding carboxylic acids is 1. The minimum atomic E-state index is -0.299. The molecule has 0 atom stereocenters. The smallest absolute Gasteiger partial charge is 0.409 e. The summed E-state index contributed by atoms with van der Waals surface area (Å²) >= 11 is 0. The number of anilines is 1. The first-order valence-corrected chi connectivity index (χ1v) is 10.8. The lowest BCUT2D eigenvalue weighted by molar-refractivity contribution is 0.106. The van der Waals surface area contributed by atoms with E-state index in [1.807, 2.05) is 23.0 Å². The summed E-state index contributed by atoms with van der Waals surface area (Å²) in [7, 11) is 1.40. The van der Waals surface area contributed by atoms with E-state index in [2.05, 4.69) is 10.00 Å². The summed E-state index contributed by atoms with van der Waals surface area (Å²) < 4.78 is 12.3. The number of aromatic hydroxyl groups is 1. The number of morpholine rings is 1. The van der Waals surface area contributed by atoms with Crippen molar-refractivity contribution in [2.24, 2.45) is 0 Å². The second kappa shape index (κ2) is 8.62. The molecule has 0 radical (unpaired) electrons. The highest BCUT2D eigenvalue weighted by Gasteiger charge is 2.28. The van der Waals surface area contributed by atoms with Crippen LogP contribution in [0.5, 0.6) is 5.75 Å². The number of piperidine rings is 1.